The van der Waals surface area contributed by atoms with Crippen LogP contribution in [0.1, 0.15) is 23.6 Å². The molecule has 0 saturated carbocycles. The Labute approximate surface area is 134 Å². The summed E-state index contributed by atoms with van der Waals surface area (Å²) in [6, 6.07) is 7.89. The van der Waals surface area contributed by atoms with Crippen molar-refractivity contribution in [3.63, 3.8) is 0 Å². The average Bonchev–Trinajstić information content (AvgIpc) is 3.27. The highest BCUT2D eigenvalue weighted by molar-refractivity contribution is 5.80. The van der Waals surface area contributed by atoms with E-state index in [1.54, 1.807) is 6.33 Å². The summed E-state index contributed by atoms with van der Waals surface area (Å²) in [6.07, 6.45) is 4.58. The van der Waals surface area contributed by atoms with Gasteiger partial charge in [0.05, 0.1) is 23.6 Å². The standard InChI is InChI=1S/C17H19N5O/c1-12-8-19-20-17(12)13-6-7-21(9-13)16(23)10-22-11-18-14-4-2-3-5-15(14)22/h2-5,8,11,13H,6-7,9-10H2,1H3,(H,19,20)/t13-/m0/s1. The molecule has 0 aliphatic carbocycles. The van der Waals surface area contributed by atoms with Crippen molar-refractivity contribution in [3.05, 3.63) is 48.0 Å². The second-order valence-corrected chi connectivity index (χ2v) is 6.15. The Morgan fingerprint density at radius 2 is 2.26 bits per heavy atom. The third-order valence-electron chi connectivity index (χ3n) is 4.65. The van der Waals surface area contributed by atoms with Crippen LogP contribution in [0.5, 0.6) is 0 Å². The summed E-state index contributed by atoms with van der Waals surface area (Å²) in [5.41, 5.74) is 4.26. The van der Waals surface area contributed by atoms with Crippen molar-refractivity contribution in [1.29, 1.82) is 0 Å². The van der Waals surface area contributed by atoms with Gasteiger partial charge < -0.3 is 9.47 Å². The zero-order valence-corrected chi connectivity index (χ0v) is 13.1. The molecular formula is C17H19N5O. The number of H-pyrrole nitrogens is 1. The number of fused-ring (bicyclic) bond motifs is 1. The molecule has 1 aromatic carbocycles. The summed E-state index contributed by atoms with van der Waals surface area (Å²) >= 11 is 0. The molecule has 2 aromatic heterocycles. The van der Waals surface area contributed by atoms with E-state index in [9.17, 15) is 4.79 Å². The Bertz CT molecular complexity index is 849. The fourth-order valence-corrected chi connectivity index (χ4v) is 3.37. The van der Waals surface area contributed by atoms with Crippen LogP contribution in [-0.4, -0.2) is 43.6 Å². The van der Waals surface area contributed by atoms with Crippen molar-refractivity contribution < 1.29 is 4.79 Å². The maximum atomic E-state index is 12.6. The molecule has 0 radical (unpaired) electrons. The van der Waals surface area contributed by atoms with Gasteiger partial charge in [-0.05, 0) is 31.0 Å². The number of nitrogens with zero attached hydrogens (tertiary/aromatic N) is 4. The number of likely N-dealkylation sites (tertiary alicyclic amines) is 1. The van der Waals surface area contributed by atoms with Gasteiger partial charge >= 0.3 is 0 Å². The number of aromatic nitrogens is 4. The molecule has 6 nitrogen and oxygen atoms in total. The van der Waals surface area contributed by atoms with E-state index in [0.717, 1.165) is 36.2 Å². The van der Waals surface area contributed by atoms with E-state index < -0.39 is 0 Å². The molecule has 1 amide bonds. The lowest BCUT2D eigenvalue weighted by atomic mass is 10.0. The summed E-state index contributed by atoms with van der Waals surface area (Å²) in [4.78, 5) is 18.9. The van der Waals surface area contributed by atoms with Crippen LogP contribution in [0.3, 0.4) is 0 Å². The summed E-state index contributed by atoms with van der Waals surface area (Å²) in [5, 5.41) is 7.16. The Morgan fingerprint density at radius 1 is 1.39 bits per heavy atom. The molecule has 1 fully saturated rings. The summed E-state index contributed by atoms with van der Waals surface area (Å²) in [6.45, 7) is 3.96. The van der Waals surface area contributed by atoms with Crippen LogP contribution in [0.25, 0.3) is 11.0 Å². The van der Waals surface area contributed by atoms with Crippen molar-refractivity contribution in [2.24, 2.45) is 0 Å². The lowest BCUT2D eigenvalue weighted by Gasteiger charge is -2.17. The maximum Gasteiger partial charge on any atom is 0.242 e. The van der Waals surface area contributed by atoms with E-state index in [1.165, 1.54) is 5.56 Å². The van der Waals surface area contributed by atoms with Crippen LogP contribution < -0.4 is 0 Å². The molecule has 1 aliphatic rings. The predicted molar refractivity (Wildman–Crippen MR) is 87.0 cm³/mol. The largest absolute Gasteiger partial charge is 0.340 e. The summed E-state index contributed by atoms with van der Waals surface area (Å²) in [7, 11) is 0. The predicted octanol–water partition coefficient (Wildman–Crippen LogP) is 2.08. The van der Waals surface area contributed by atoms with Gasteiger partial charge in [-0.3, -0.25) is 9.89 Å². The van der Waals surface area contributed by atoms with Gasteiger partial charge in [0.15, 0.2) is 0 Å². The molecule has 118 valence electrons. The fraction of sp³-hybridized carbons (Fsp3) is 0.353. The number of rotatable bonds is 3. The van der Waals surface area contributed by atoms with Gasteiger partial charge in [0.2, 0.25) is 5.91 Å². The van der Waals surface area contributed by atoms with Crippen LogP contribution in [0.15, 0.2) is 36.8 Å². The molecule has 1 aliphatic heterocycles. The third-order valence-corrected chi connectivity index (χ3v) is 4.65. The number of para-hydroxylation sites is 2. The minimum Gasteiger partial charge on any atom is -0.340 e. The molecule has 3 aromatic rings. The Hall–Kier alpha value is -2.63. The highest BCUT2D eigenvalue weighted by atomic mass is 16.2. The van der Waals surface area contributed by atoms with Crippen LogP contribution in [0, 0.1) is 6.92 Å². The zero-order chi connectivity index (χ0) is 15.8. The number of hydrogen-bond acceptors (Lipinski definition) is 3. The molecule has 1 saturated heterocycles. The van der Waals surface area contributed by atoms with Gasteiger partial charge in [0, 0.05) is 24.7 Å². The minimum absolute atomic E-state index is 0.146. The van der Waals surface area contributed by atoms with E-state index >= 15 is 0 Å². The van der Waals surface area contributed by atoms with Crippen molar-refractivity contribution in [2.45, 2.75) is 25.8 Å². The Kier molecular flexibility index (Phi) is 3.37. The van der Waals surface area contributed by atoms with Crippen molar-refractivity contribution >= 4 is 16.9 Å². The van der Waals surface area contributed by atoms with E-state index in [0.29, 0.717) is 12.5 Å². The smallest absolute Gasteiger partial charge is 0.242 e. The highest BCUT2D eigenvalue weighted by Gasteiger charge is 2.29. The molecule has 0 bridgehead atoms. The monoisotopic (exact) mass is 309 g/mol. The Balaban J connectivity index is 1.47. The van der Waals surface area contributed by atoms with E-state index in [4.69, 9.17) is 0 Å². The molecule has 6 heteroatoms. The second kappa shape index (κ2) is 5.53. The van der Waals surface area contributed by atoms with Gasteiger partial charge in [-0.25, -0.2) is 4.98 Å². The van der Waals surface area contributed by atoms with Crippen LogP contribution in [-0.2, 0) is 11.3 Å². The van der Waals surface area contributed by atoms with Crippen molar-refractivity contribution in [2.75, 3.05) is 13.1 Å². The maximum absolute atomic E-state index is 12.6. The normalized spacial score (nSPS) is 18.0. The highest BCUT2D eigenvalue weighted by Crippen LogP contribution is 2.28. The average molecular weight is 309 g/mol. The quantitative estimate of drug-likeness (QED) is 0.805. The molecule has 1 N–H and O–H groups in total. The number of benzene rings is 1. The van der Waals surface area contributed by atoms with Crippen LogP contribution in [0.4, 0.5) is 0 Å². The molecule has 0 spiro atoms. The van der Waals surface area contributed by atoms with E-state index in [1.807, 2.05) is 39.9 Å². The molecule has 1 atom stereocenters. The molecule has 0 unspecified atom stereocenters. The fourth-order valence-electron chi connectivity index (χ4n) is 3.37. The van der Waals surface area contributed by atoms with Crippen molar-refractivity contribution in [3.8, 4) is 0 Å². The van der Waals surface area contributed by atoms with Crippen LogP contribution in [0.2, 0.25) is 0 Å². The van der Waals surface area contributed by atoms with E-state index in [2.05, 4.69) is 22.1 Å². The minimum atomic E-state index is 0.146. The van der Waals surface area contributed by atoms with Gasteiger partial charge in [0.25, 0.3) is 0 Å². The first-order valence-corrected chi connectivity index (χ1v) is 7.90. The first-order chi connectivity index (χ1) is 11.2. The molecular weight excluding hydrogens is 290 g/mol. The number of aromatic amines is 1. The summed E-state index contributed by atoms with van der Waals surface area (Å²) < 4.78 is 1.92. The topological polar surface area (TPSA) is 66.8 Å². The zero-order valence-electron chi connectivity index (χ0n) is 13.1. The first-order valence-electron chi connectivity index (χ1n) is 7.90. The lowest BCUT2D eigenvalue weighted by molar-refractivity contribution is -0.130. The number of aryl methyl sites for hydroxylation is 1. The molecule has 23 heavy (non-hydrogen) atoms. The van der Waals surface area contributed by atoms with Gasteiger partial charge in [0.1, 0.15) is 6.54 Å². The first kappa shape index (κ1) is 14.0. The SMILES string of the molecule is Cc1cn[nH]c1[C@H]1CCN(C(=O)Cn2cnc3ccccc32)C1. The number of nitrogens with one attached hydrogen (secondary N) is 1. The summed E-state index contributed by atoms with van der Waals surface area (Å²) in [5.74, 6) is 0.508. The third kappa shape index (κ3) is 2.50. The van der Waals surface area contributed by atoms with Gasteiger partial charge in [-0.15, -0.1) is 0 Å². The number of amides is 1. The van der Waals surface area contributed by atoms with E-state index in [-0.39, 0.29) is 5.91 Å². The van der Waals surface area contributed by atoms with Crippen molar-refractivity contribution in [1.82, 2.24) is 24.6 Å². The number of imidazole rings is 1. The Morgan fingerprint density at radius 3 is 3.09 bits per heavy atom. The number of hydrogen-bond donors (Lipinski definition) is 1. The number of carbonyl (C=O) groups excluding carboxylic acids is 1. The van der Waals surface area contributed by atoms with Crippen LogP contribution >= 0.6 is 0 Å². The number of carbonyl (C=O) groups is 1. The molecule has 3 heterocycles. The second-order valence-electron chi connectivity index (χ2n) is 6.15. The molecule has 4 rings (SSSR count). The van der Waals surface area contributed by atoms with Gasteiger partial charge in [-0.2, -0.15) is 5.10 Å². The van der Waals surface area contributed by atoms with Gasteiger partial charge in [-0.1, -0.05) is 12.1 Å². The lowest BCUT2D eigenvalue weighted by Crippen LogP contribution is -2.31.